The minimum absolute atomic E-state index is 0.146. The average molecular weight is 375 g/mol. The van der Waals surface area contributed by atoms with Crippen LogP contribution in [0.1, 0.15) is 41.4 Å². The van der Waals surface area contributed by atoms with Crippen molar-refractivity contribution in [2.24, 2.45) is 0 Å². The fourth-order valence-electron chi connectivity index (χ4n) is 3.61. The fraction of sp³-hybridized carbons (Fsp3) is 0.444. The molecule has 1 aromatic heterocycles. The van der Waals surface area contributed by atoms with Crippen LogP contribution in [0.25, 0.3) is 0 Å². The number of sulfonamides is 1. The Morgan fingerprint density at radius 1 is 1.23 bits per heavy atom. The van der Waals surface area contributed by atoms with E-state index in [9.17, 15) is 12.8 Å². The van der Waals surface area contributed by atoms with Gasteiger partial charge in [-0.15, -0.1) is 0 Å². The smallest absolute Gasteiger partial charge is 0.218 e. The first-order valence-electron chi connectivity index (χ1n) is 8.68. The zero-order valence-electron chi connectivity index (χ0n) is 14.1. The van der Waals surface area contributed by atoms with Crippen molar-refractivity contribution in [1.29, 1.82) is 0 Å². The van der Waals surface area contributed by atoms with Crippen LogP contribution in [0.5, 0.6) is 0 Å². The van der Waals surface area contributed by atoms with E-state index in [4.69, 9.17) is 4.74 Å². The molecule has 8 heteroatoms. The van der Waals surface area contributed by atoms with Crippen molar-refractivity contribution >= 4 is 10.0 Å². The maximum absolute atomic E-state index is 13.0. The van der Waals surface area contributed by atoms with Gasteiger partial charge in [0.25, 0.3) is 0 Å². The average Bonchev–Trinajstić information content (AvgIpc) is 3.35. The molecule has 1 saturated carbocycles. The molecule has 0 radical (unpaired) electrons. The molecule has 1 spiro atoms. The quantitative estimate of drug-likeness (QED) is 0.818. The third-order valence-electron chi connectivity index (χ3n) is 5.32. The molecule has 0 bridgehead atoms. The van der Waals surface area contributed by atoms with Gasteiger partial charge in [-0.1, -0.05) is 12.1 Å². The van der Waals surface area contributed by atoms with Crippen LogP contribution in [0.15, 0.2) is 30.5 Å². The first kappa shape index (κ1) is 16.3. The summed E-state index contributed by atoms with van der Waals surface area (Å²) in [6, 6.07) is 5.54. The summed E-state index contributed by atoms with van der Waals surface area (Å²) in [7, 11) is -3.48. The van der Waals surface area contributed by atoms with E-state index in [2.05, 4.69) is 9.97 Å². The minimum atomic E-state index is -3.48. The molecular weight excluding hydrogens is 357 g/mol. The number of hydrogen-bond acceptors (Lipinski definition) is 5. The molecule has 0 amide bonds. The summed E-state index contributed by atoms with van der Waals surface area (Å²) in [5, 5.41) is 0. The van der Waals surface area contributed by atoms with Crippen LogP contribution in [0.3, 0.4) is 0 Å². The highest BCUT2D eigenvalue weighted by Crippen LogP contribution is 2.45. The highest BCUT2D eigenvalue weighted by molar-refractivity contribution is 7.88. The summed E-state index contributed by atoms with van der Waals surface area (Å²) in [4.78, 5) is 9.07. The van der Waals surface area contributed by atoms with Crippen molar-refractivity contribution < 1.29 is 17.5 Å². The van der Waals surface area contributed by atoms with Gasteiger partial charge in [0.15, 0.2) is 0 Å². The second-order valence-corrected chi connectivity index (χ2v) is 9.27. The van der Waals surface area contributed by atoms with E-state index >= 15 is 0 Å². The van der Waals surface area contributed by atoms with E-state index < -0.39 is 15.6 Å². The number of fused-ring (bicyclic) bond motifs is 2. The normalized spacial score (nSPS) is 21.6. The number of nitrogens with zero attached hydrogens (tertiary/aromatic N) is 3. The molecule has 136 valence electrons. The van der Waals surface area contributed by atoms with Crippen molar-refractivity contribution in [3.8, 4) is 0 Å². The van der Waals surface area contributed by atoms with Crippen molar-refractivity contribution in [3.63, 3.8) is 0 Å². The molecule has 0 N–H and O–H groups in total. The molecule has 3 aliphatic rings. The van der Waals surface area contributed by atoms with Gasteiger partial charge in [-0.2, -0.15) is 4.31 Å². The fourth-order valence-corrected chi connectivity index (χ4v) is 5.22. The van der Waals surface area contributed by atoms with Crippen LogP contribution in [0.2, 0.25) is 0 Å². The van der Waals surface area contributed by atoms with Gasteiger partial charge in [-0.05, 0) is 30.5 Å². The summed E-state index contributed by atoms with van der Waals surface area (Å²) >= 11 is 0. The van der Waals surface area contributed by atoms with Crippen molar-refractivity contribution in [1.82, 2.24) is 14.3 Å². The largest absolute Gasteiger partial charge is 0.361 e. The number of ether oxygens (including phenoxy) is 1. The van der Waals surface area contributed by atoms with Crippen LogP contribution in [0.4, 0.5) is 4.39 Å². The second-order valence-electron chi connectivity index (χ2n) is 7.30. The Kier molecular flexibility index (Phi) is 3.47. The van der Waals surface area contributed by atoms with Gasteiger partial charge < -0.3 is 4.74 Å². The molecule has 0 atom stereocenters. The Morgan fingerprint density at radius 2 is 1.96 bits per heavy atom. The predicted octanol–water partition coefficient (Wildman–Crippen LogP) is 2.06. The monoisotopic (exact) mass is 375 g/mol. The Labute approximate surface area is 151 Å². The van der Waals surface area contributed by atoms with E-state index in [1.807, 2.05) is 6.20 Å². The lowest BCUT2D eigenvalue weighted by Gasteiger charge is -2.46. The van der Waals surface area contributed by atoms with Gasteiger partial charge in [0, 0.05) is 30.8 Å². The number of aromatic nitrogens is 2. The Balaban J connectivity index is 1.32. The minimum Gasteiger partial charge on any atom is -0.361 e. The summed E-state index contributed by atoms with van der Waals surface area (Å²) in [5.41, 5.74) is 1.75. The molecule has 1 aromatic carbocycles. The van der Waals surface area contributed by atoms with E-state index in [1.54, 1.807) is 0 Å². The number of benzene rings is 1. The SMILES string of the molecule is O=S(=O)(Cc1ccc(F)cc1)N1CC2(C1)OCc1nc(C3CC3)ncc12. The maximum Gasteiger partial charge on any atom is 0.218 e. The molecule has 2 aromatic rings. The Hall–Kier alpha value is -1.90. The van der Waals surface area contributed by atoms with E-state index in [0.717, 1.165) is 29.9 Å². The van der Waals surface area contributed by atoms with Crippen LogP contribution >= 0.6 is 0 Å². The van der Waals surface area contributed by atoms with Crippen molar-refractivity contribution in [3.05, 3.63) is 58.9 Å². The lowest BCUT2D eigenvalue weighted by molar-refractivity contribution is -0.112. The Morgan fingerprint density at radius 3 is 2.65 bits per heavy atom. The highest BCUT2D eigenvalue weighted by Gasteiger charge is 2.54. The van der Waals surface area contributed by atoms with Crippen molar-refractivity contribution in [2.75, 3.05) is 13.1 Å². The molecule has 5 rings (SSSR count). The molecular formula is C18H18FN3O3S. The molecule has 1 aliphatic carbocycles. The molecule has 0 unspecified atom stereocenters. The summed E-state index contributed by atoms with van der Waals surface area (Å²) < 4.78 is 45.6. The lowest BCUT2D eigenvalue weighted by atomic mass is 9.90. The first-order chi connectivity index (χ1) is 12.5. The van der Waals surface area contributed by atoms with Crippen LogP contribution in [0, 0.1) is 5.82 Å². The predicted molar refractivity (Wildman–Crippen MR) is 91.1 cm³/mol. The van der Waals surface area contributed by atoms with E-state index in [0.29, 0.717) is 18.1 Å². The topological polar surface area (TPSA) is 72.4 Å². The second kappa shape index (κ2) is 5.55. The van der Waals surface area contributed by atoms with E-state index in [1.165, 1.54) is 28.6 Å². The molecule has 1 saturated heterocycles. The molecule has 6 nitrogen and oxygen atoms in total. The van der Waals surface area contributed by atoms with Crippen LogP contribution in [-0.4, -0.2) is 35.8 Å². The van der Waals surface area contributed by atoms with Gasteiger partial charge >= 0.3 is 0 Å². The molecule has 2 fully saturated rings. The first-order valence-corrected chi connectivity index (χ1v) is 10.3. The number of halogens is 1. The summed E-state index contributed by atoms with van der Waals surface area (Å²) in [6.07, 6.45) is 4.09. The van der Waals surface area contributed by atoms with E-state index in [-0.39, 0.29) is 24.7 Å². The van der Waals surface area contributed by atoms with Gasteiger partial charge in [0.05, 0.1) is 18.1 Å². The lowest BCUT2D eigenvalue weighted by Crippen LogP contribution is -2.61. The summed E-state index contributed by atoms with van der Waals surface area (Å²) in [5.74, 6) is 0.832. The maximum atomic E-state index is 13.0. The third-order valence-corrected chi connectivity index (χ3v) is 7.07. The summed E-state index contributed by atoms with van der Waals surface area (Å²) in [6.45, 7) is 0.953. The zero-order valence-corrected chi connectivity index (χ0v) is 14.9. The third kappa shape index (κ3) is 2.64. The van der Waals surface area contributed by atoms with Gasteiger partial charge in [-0.3, -0.25) is 0 Å². The highest BCUT2D eigenvalue weighted by atomic mass is 32.2. The van der Waals surface area contributed by atoms with Crippen LogP contribution in [-0.2, 0) is 32.7 Å². The molecule has 26 heavy (non-hydrogen) atoms. The van der Waals surface area contributed by atoms with Gasteiger partial charge in [0.1, 0.15) is 17.2 Å². The standard InChI is InChI=1S/C18H18FN3O3S/c19-14-5-1-12(2-6-14)9-26(23,24)22-10-18(11-22)15-7-20-17(13-3-4-13)21-16(15)8-25-18/h1-2,5-7,13H,3-4,8-11H2. The number of rotatable bonds is 4. The number of hydrogen-bond donors (Lipinski definition) is 0. The van der Waals surface area contributed by atoms with Crippen LogP contribution < -0.4 is 0 Å². The van der Waals surface area contributed by atoms with Crippen molar-refractivity contribution in [2.45, 2.75) is 36.7 Å². The molecule has 2 aliphatic heterocycles. The molecule has 3 heterocycles. The van der Waals surface area contributed by atoms with Gasteiger partial charge in [0.2, 0.25) is 10.0 Å². The zero-order chi connectivity index (χ0) is 17.9. The Bertz CT molecular complexity index is 968. The van der Waals surface area contributed by atoms with Gasteiger partial charge in [-0.25, -0.2) is 22.8 Å².